The van der Waals surface area contributed by atoms with Gasteiger partial charge in [0.1, 0.15) is 18.1 Å². The van der Waals surface area contributed by atoms with Crippen LogP contribution in [-0.4, -0.2) is 49.1 Å². The Kier molecular flexibility index (Phi) is 5.30. The van der Waals surface area contributed by atoms with Gasteiger partial charge in [-0.05, 0) is 61.8 Å². The minimum absolute atomic E-state index is 0.00953. The summed E-state index contributed by atoms with van der Waals surface area (Å²) < 4.78 is 11.2. The highest BCUT2D eigenvalue weighted by Crippen LogP contribution is 2.27. The van der Waals surface area contributed by atoms with E-state index in [4.69, 9.17) is 9.47 Å². The van der Waals surface area contributed by atoms with E-state index < -0.39 is 0 Å². The van der Waals surface area contributed by atoms with Gasteiger partial charge < -0.3 is 14.4 Å². The van der Waals surface area contributed by atoms with Gasteiger partial charge in [0, 0.05) is 24.2 Å². The molecule has 0 N–H and O–H groups in total. The Labute approximate surface area is 160 Å². The van der Waals surface area contributed by atoms with Crippen molar-refractivity contribution >= 4 is 5.91 Å². The van der Waals surface area contributed by atoms with Crippen molar-refractivity contribution in [2.45, 2.75) is 25.9 Å². The van der Waals surface area contributed by atoms with Crippen LogP contribution in [0.4, 0.5) is 0 Å². The number of hydrogen-bond donors (Lipinski definition) is 0. The normalized spacial score (nSPS) is 17.1. The van der Waals surface area contributed by atoms with Gasteiger partial charge in [-0.15, -0.1) is 0 Å². The van der Waals surface area contributed by atoms with Crippen LogP contribution in [0.25, 0.3) is 0 Å². The molecule has 0 unspecified atom stereocenters. The highest BCUT2D eigenvalue weighted by atomic mass is 16.5. The topological polar surface area (TPSA) is 42.0 Å². The number of hydrogen-bond acceptors (Lipinski definition) is 4. The van der Waals surface area contributed by atoms with E-state index in [-0.39, 0.29) is 5.91 Å². The molecule has 0 atom stereocenters. The average molecular weight is 366 g/mol. The van der Waals surface area contributed by atoms with Gasteiger partial charge in [0.2, 0.25) is 0 Å². The van der Waals surface area contributed by atoms with Crippen LogP contribution in [-0.2, 0) is 13.1 Å². The molecule has 0 bridgehead atoms. The van der Waals surface area contributed by atoms with Crippen LogP contribution in [0, 0.1) is 0 Å². The lowest BCUT2D eigenvalue weighted by molar-refractivity contribution is 0.0733. The van der Waals surface area contributed by atoms with Gasteiger partial charge in [0.25, 0.3) is 5.91 Å². The first kappa shape index (κ1) is 17.9. The summed E-state index contributed by atoms with van der Waals surface area (Å²) in [6, 6.07) is 13.7. The summed E-state index contributed by atoms with van der Waals surface area (Å²) in [6.45, 7) is 4.97. The van der Waals surface area contributed by atoms with E-state index in [0.717, 1.165) is 17.9 Å². The molecular formula is C22H26N2O3. The van der Waals surface area contributed by atoms with Crippen molar-refractivity contribution in [2.75, 3.05) is 33.4 Å². The first-order valence-electron chi connectivity index (χ1n) is 9.63. The average Bonchev–Trinajstić information content (AvgIpc) is 3.11. The van der Waals surface area contributed by atoms with Gasteiger partial charge in [-0.1, -0.05) is 12.1 Å². The molecular weight excluding hydrogens is 340 g/mol. The third-order valence-electron chi connectivity index (χ3n) is 5.31. The van der Waals surface area contributed by atoms with E-state index in [0.29, 0.717) is 31.0 Å². The fourth-order valence-electron chi connectivity index (χ4n) is 3.86. The number of rotatable bonds is 4. The standard InChI is InChI=1S/C22H26N2O3/c1-26-20-6-4-5-18(14-20)22(25)24-11-12-27-21-8-7-17(13-19(21)16-24)15-23-9-2-3-10-23/h4-8,13-14H,2-3,9-12,15-16H2,1H3. The second kappa shape index (κ2) is 8.01. The van der Waals surface area contributed by atoms with Crippen LogP contribution in [0.15, 0.2) is 42.5 Å². The zero-order valence-electron chi connectivity index (χ0n) is 15.8. The third kappa shape index (κ3) is 4.08. The largest absolute Gasteiger partial charge is 0.497 e. The minimum Gasteiger partial charge on any atom is -0.497 e. The van der Waals surface area contributed by atoms with Crippen molar-refractivity contribution in [3.8, 4) is 11.5 Å². The molecule has 1 fully saturated rings. The Morgan fingerprint density at radius 3 is 2.78 bits per heavy atom. The molecule has 4 rings (SSSR count). The number of nitrogens with zero attached hydrogens (tertiary/aromatic N) is 2. The van der Waals surface area contributed by atoms with Crippen molar-refractivity contribution < 1.29 is 14.3 Å². The summed E-state index contributed by atoms with van der Waals surface area (Å²) in [7, 11) is 1.61. The zero-order valence-corrected chi connectivity index (χ0v) is 15.8. The summed E-state index contributed by atoms with van der Waals surface area (Å²) >= 11 is 0. The van der Waals surface area contributed by atoms with Gasteiger partial charge >= 0.3 is 0 Å². The van der Waals surface area contributed by atoms with E-state index >= 15 is 0 Å². The smallest absolute Gasteiger partial charge is 0.254 e. The van der Waals surface area contributed by atoms with Crippen molar-refractivity contribution in [1.29, 1.82) is 0 Å². The molecule has 2 aromatic rings. The number of carbonyl (C=O) groups is 1. The monoisotopic (exact) mass is 366 g/mol. The number of benzene rings is 2. The summed E-state index contributed by atoms with van der Waals surface area (Å²) in [6.07, 6.45) is 2.58. The van der Waals surface area contributed by atoms with Crippen molar-refractivity contribution in [3.05, 3.63) is 59.2 Å². The van der Waals surface area contributed by atoms with Crippen LogP contribution < -0.4 is 9.47 Å². The molecule has 5 nitrogen and oxygen atoms in total. The predicted octanol–water partition coefficient (Wildman–Crippen LogP) is 3.33. The maximum absolute atomic E-state index is 13.0. The molecule has 0 saturated carbocycles. The Morgan fingerprint density at radius 2 is 1.96 bits per heavy atom. The summed E-state index contributed by atoms with van der Waals surface area (Å²) in [5, 5.41) is 0. The Bertz CT molecular complexity index is 815. The number of likely N-dealkylation sites (tertiary alicyclic amines) is 1. The first-order chi connectivity index (χ1) is 13.2. The maximum Gasteiger partial charge on any atom is 0.254 e. The molecule has 0 aromatic heterocycles. The second-order valence-electron chi connectivity index (χ2n) is 7.23. The fourth-order valence-corrected chi connectivity index (χ4v) is 3.86. The van der Waals surface area contributed by atoms with Gasteiger partial charge in [0.15, 0.2) is 0 Å². The number of ether oxygens (including phenoxy) is 2. The van der Waals surface area contributed by atoms with Crippen LogP contribution in [0.1, 0.15) is 34.3 Å². The minimum atomic E-state index is 0.00953. The molecule has 0 aliphatic carbocycles. The number of methoxy groups -OCH3 is 1. The van der Waals surface area contributed by atoms with Crippen molar-refractivity contribution in [3.63, 3.8) is 0 Å². The molecule has 2 aliphatic heterocycles. The summed E-state index contributed by atoms with van der Waals surface area (Å²) in [5.41, 5.74) is 3.02. The van der Waals surface area contributed by atoms with E-state index in [1.807, 2.05) is 23.1 Å². The lowest BCUT2D eigenvalue weighted by Crippen LogP contribution is -2.32. The van der Waals surface area contributed by atoms with Crippen LogP contribution in [0.2, 0.25) is 0 Å². The first-order valence-corrected chi connectivity index (χ1v) is 9.63. The Hall–Kier alpha value is -2.53. The SMILES string of the molecule is COc1cccc(C(=O)N2CCOc3ccc(CN4CCCC4)cc3C2)c1. The highest BCUT2D eigenvalue weighted by molar-refractivity contribution is 5.94. The molecule has 2 aromatic carbocycles. The van der Waals surface area contributed by atoms with E-state index in [2.05, 4.69) is 23.1 Å². The third-order valence-corrected chi connectivity index (χ3v) is 5.31. The zero-order chi connectivity index (χ0) is 18.6. The lowest BCUT2D eigenvalue weighted by atomic mass is 10.1. The molecule has 1 amide bonds. The van der Waals surface area contributed by atoms with Gasteiger partial charge in [-0.2, -0.15) is 0 Å². The molecule has 2 aliphatic rings. The molecule has 0 spiro atoms. The highest BCUT2D eigenvalue weighted by Gasteiger charge is 2.22. The summed E-state index contributed by atoms with van der Waals surface area (Å²) in [5.74, 6) is 1.59. The van der Waals surface area contributed by atoms with E-state index in [1.165, 1.54) is 31.5 Å². The fraction of sp³-hybridized carbons (Fsp3) is 0.409. The quantitative estimate of drug-likeness (QED) is 0.832. The van der Waals surface area contributed by atoms with Gasteiger partial charge in [-0.3, -0.25) is 9.69 Å². The Balaban J connectivity index is 1.53. The van der Waals surface area contributed by atoms with Gasteiger partial charge in [0.05, 0.1) is 13.7 Å². The maximum atomic E-state index is 13.0. The van der Waals surface area contributed by atoms with Crippen LogP contribution in [0.3, 0.4) is 0 Å². The summed E-state index contributed by atoms with van der Waals surface area (Å²) in [4.78, 5) is 17.3. The van der Waals surface area contributed by atoms with E-state index in [9.17, 15) is 4.79 Å². The molecule has 2 heterocycles. The number of amides is 1. The molecule has 1 saturated heterocycles. The predicted molar refractivity (Wildman–Crippen MR) is 104 cm³/mol. The van der Waals surface area contributed by atoms with Crippen LogP contribution in [0.5, 0.6) is 11.5 Å². The van der Waals surface area contributed by atoms with E-state index in [1.54, 1.807) is 13.2 Å². The van der Waals surface area contributed by atoms with Crippen molar-refractivity contribution in [2.24, 2.45) is 0 Å². The van der Waals surface area contributed by atoms with Gasteiger partial charge in [-0.25, -0.2) is 0 Å². The number of fused-ring (bicyclic) bond motifs is 1. The molecule has 0 radical (unpaired) electrons. The molecule has 5 heteroatoms. The second-order valence-corrected chi connectivity index (χ2v) is 7.23. The molecule has 27 heavy (non-hydrogen) atoms. The van der Waals surface area contributed by atoms with Crippen LogP contribution >= 0.6 is 0 Å². The lowest BCUT2D eigenvalue weighted by Gasteiger charge is -2.21. The Morgan fingerprint density at radius 1 is 1.11 bits per heavy atom. The van der Waals surface area contributed by atoms with Crippen molar-refractivity contribution in [1.82, 2.24) is 9.80 Å². The molecule has 142 valence electrons. The number of carbonyl (C=O) groups excluding carboxylic acids is 1.